The molecule has 0 radical (unpaired) electrons. The average molecular weight is 677 g/mol. The summed E-state index contributed by atoms with van der Waals surface area (Å²) in [6.07, 6.45) is -1.79. The summed E-state index contributed by atoms with van der Waals surface area (Å²) in [7, 11) is 0. The Labute approximate surface area is 271 Å². The minimum Gasteiger partial charge on any atom is -0.492 e. The first-order valence-electron chi connectivity index (χ1n) is 14.4. The minimum absolute atomic E-state index is 0.0527. The summed E-state index contributed by atoms with van der Waals surface area (Å²) in [4.78, 5) is 33.0. The predicted octanol–water partition coefficient (Wildman–Crippen LogP) is 6.55. The number of alkyl halides is 3. The number of aromatic nitrogens is 3. The van der Waals surface area contributed by atoms with Crippen LogP contribution < -0.4 is 10.2 Å². The number of H-pyrrole nitrogens is 1. The molecule has 1 fully saturated rings. The van der Waals surface area contributed by atoms with E-state index in [1.807, 2.05) is 4.90 Å². The number of nitrogens with one attached hydrogen (secondary N) is 2. The number of benzene rings is 2. The van der Waals surface area contributed by atoms with Crippen LogP contribution in [0.1, 0.15) is 48.8 Å². The van der Waals surface area contributed by atoms with Crippen LogP contribution >= 0.6 is 22.9 Å². The molecule has 1 aliphatic rings. The fourth-order valence-electron chi connectivity index (χ4n) is 4.99. The largest absolute Gasteiger partial charge is 0.492 e. The second-order valence-electron chi connectivity index (χ2n) is 11.7. The van der Waals surface area contributed by atoms with Gasteiger partial charge in [0.15, 0.2) is 5.13 Å². The lowest BCUT2D eigenvalue weighted by Gasteiger charge is -2.23. The highest BCUT2D eigenvalue weighted by Gasteiger charge is 2.34. The zero-order chi connectivity index (χ0) is 33.2. The van der Waals surface area contributed by atoms with Crippen LogP contribution in [0.2, 0.25) is 5.02 Å². The number of fused-ring (bicyclic) bond motifs is 1. The van der Waals surface area contributed by atoms with Gasteiger partial charge in [-0.3, -0.25) is 9.89 Å². The first-order chi connectivity index (χ1) is 21.7. The van der Waals surface area contributed by atoms with Crippen molar-refractivity contribution in [1.29, 1.82) is 0 Å². The molecular weight excluding hydrogens is 645 g/mol. The van der Waals surface area contributed by atoms with Gasteiger partial charge in [0.1, 0.15) is 17.0 Å². The van der Waals surface area contributed by atoms with Gasteiger partial charge in [0.25, 0.3) is 0 Å². The standard InChI is InChI=1S/C31H32ClF3N6O4S/c1-30(2,3)45-29(44)36-17-25(42)40-9-4-10-41(12-11-40)28-38-27(43)26(46-28)22(18-6-8-24-20(13-18)16-37-39-24)14-19-5-7-21(32)15-23(19)31(33,34)35/h5-8,13-16,43H,4,9-12,17H2,1-3H3,(H,36,44)(H,37,39). The van der Waals surface area contributed by atoms with Gasteiger partial charge in [-0.05, 0) is 68.7 Å². The molecule has 0 atom stereocenters. The Morgan fingerprint density at radius 2 is 1.91 bits per heavy atom. The number of halogens is 4. The van der Waals surface area contributed by atoms with Crippen molar-refractivity contribution >= 4 is 62.6 Å². The number of nitrogens with zero attached hydrogens (tertiary/aromatic N) is 4. The summed E-state index contributed by atoms with van der Waals surface area (Å²) in [5.74, 6) is -0.599. The molecule has 0 saturated carbocycles. The Kier molecular flexibility index (Phi) is 9.49. The van der Waals surface area contributed by atoms with E-state index in [1.165, 1.54) is 18.2 Å². The van der Waals surface area contributed by atoms with Crippen LogP contribution in [0.15, 0.2) is 42.6 Å². The highest BCUT2D eigenvalue weighted by atomic mass is 35.5. The van der Waals surface area contributed by atoms with Crippen LogP contribution in [0.3, 0.4) is 0 Å². The summed E-state index contributed by atoms with van der Waals surface area (Å²) in [5.41, 5.74) is -0.110. The van der Waals surface area contributed by atoms with Crippen molar-refractivity contribution in [1.82, 2.24) is 25.4 Å². The number of amides is 2. The SMILES string of the molecule is CC(C)(C)OC(=O)NCC(=O)N1CCCN(c2nc(O)c(C(=Cc3ccc(Cl)cc3C(F)(F)F)c3ccc4[nH]ncc4c3)s2)CC1. The van der Waals surface area contributed by atoms with Crippen molar-refractivity contribution in [2.24, 2.45) is 0 Å². The quantitative estimate of drug-likeness (QED) is 0.198. The minimum atomic E-state index is -4.67. The normalized spacial score (nSPS) is 14.8. The van der Waals surface area contributed by atoms with Crippen molar-refractivity contribution in [3.63, 3.8) is 0 Å². The number of anilines is 1. The van der Waals surface area contributed by atoms with Crippen LogP contribution in [0.4, 0.5) is 23.1 Å². The Bertz CT molecular complexity index is 1780. The lowest BCUT2D eigenvalue weighted by Crippen LogP contribution is -2.43. The molecule has 46 heavy (non-hydrogen) atoms. The van der Waals surface area contributed by atoms with Crippen molar-refractivity contribution in [2.75, 3.05) is 37.6 Å². The van der Waals surface area contributed by atoms with Crippen molar-refractivity contribution in [3.8, 4) is 5.88 Å². The van der Waals surface area contributed by atoms with Gasteiger partial charge in [0, 0.05) is 42.2 Å². The summed E-state index contributed by atoms with van der Waals surface area (Å²) in [5, 5.41) is 21.6. The Morgan fingerprint density at radius 1 is 1.13 bits per heavy atom. The summed E-state index contributed by atoms with van der Waals surface area (Å²) in [6, 6.07) is 8.80. The molecule has 5 rings (SSSR count). The number of ether oxygens (including phenoxy) is 1. The third kappa shape index (κ3) is 7.91. The third-order valence-electron chi connectivity index (χ3n) is 7.12. The second-order valence-corrected chi connectivity index (χ2v) is 13.1. The summed E-state index contributed by atoms with van der Waals surface area (Å²) >= 11 is 7.06. The predicted molar refractivity (Wildman–Crippen MR) is 171 cm³/mol. The highest BCUT2D eigenvalue weighted by molar-refractivity contribution is 7.17. The zero-order valence-corrected chi connectivity index (χ0v) is 26.8. The van der Waals surface area contributed by atoms with E-state index in [0.717, 1.165) is 28.3 Å². The van der Waals surface area contributed by atoms with E-state index in [1.54, 1.807) is 50.1 Å². The molecule has 3 N–H and O–H groups in total. The highest BCUT2D eigenvalue weighted by Crippen LogP contribution is 2.42. The number of hydrogen-bond donors (Lipinski definition) is 3. The van der Waals surface area contributed by atoms with E-state index in [9.17, 15) is 27.9 Å². The van der Waals surface area contributed by atoms with Crippen molar-refractivity contribution < 1.29 is 32.6 Å². The Morgan fingerprint density at radius 3 is 2.65 bits per heavy atom. The van der Waals surface area contributed by atoms with Gasteiger partial charge in [-0.1, -0.05) is 35.1 Å². The molecule has 2 amide bonds. The maximum Gasteiger partial charge on any atom is 0.417 e. The van der Waals surface area contributed by atoms with Gasteiger partial charge >= 0.3 is 12.3 Å². The number of alkyl carbamates (subject to hydrolysis) is 1. The van der Waals surface area contributed by atoms with E-state index in [-0.39, 0.29) is 33.8 Å². The number of hydrogen-bond acceptors (Lipinski definition) is 8. The summed E-state index contributed by atoms with van der Waals surface area (Å²) in [6.45, 7) is 6.67. The van der Waals surface area contributed by atoms with Crippen LogP contribution in [-0.4, -0.2) is 75.5 Å². The van der Waals surface area contributed by atoms with E-state index in [0.29, 0.717) is 48.9 Å². The van der Waals surface area contributed by atoms with E-state index in [2.05, 4.69) is 20.5 Å². The van der Waals surface area contributed by atoms with Gasteiger partial charge in [-0.2, -0.15) is 23.3 Å². The van der Waals surface area contributed by atoms with Gasteiger partial charge in [-0.25, -0.2) is 4.79 Å². The van der Waals surface area contributed by atoms with Crippen molar-refractivity contribution in [3.05, 3.63) is 69.2 Å². The van der Waals surface area contributed by atoms with Crippen LogP contribution in [-0.2, 0) is 15.7 Å². The fourth-order valence-corrected chi connectivity index (χ4v) is 6.21. The van der Waals surface area contributed by atoms with Crippen molar-refractivity contribution in [2.45, 2.75) is 39.0 Å². The number of aromatic amines is 1. The molecule has 2 aromatic carbocycles. The van der Waals surface area contributed by atoms with Gasteiger partial charge in [-0.15, -0.1) is 0 Å². The third-order valence-corrected chi connectivity index (χ3v) is 8.49. The first kappa shape index (κ1) is 33.1. The number of carbonyl (C=O) groups is 2. The molecule has 3 heterocycles. The van der Waals surface area contributed by atoms with E-state index < -0.39 is 23.4 Å². The molecular formula is C31H32ClF3N6O4S. The van der Waals surface area contributed by atoms with E-state index >= 15 is 0 Å². The number of aromatic hydroxyl groups is 1. The van der Waals surface area contributed by atoms with Crippen LogP contribution in [0.5, 0.6) is 5.88 Å². The monoisotopic (exact) mass is 676 g/mol. The number of carbonyl (C=O) groups excluding carboxylic acids is 2. The molecule has 1 saturated heterocycles. The number of thiazole rings is 1. The lowest BCUT2D eigenvalue weighted by atomic mass is 9.98. The Hall–Kier alpha value is -4.30. The van der Waals surface area contributed by atoms with Gasteiger partial charge in [0.05, 0.1) is 17.3 Å². The summed E-state index contributed by atoms with van der Waals surface area (Å²) < 4.78 is 47.3. The van der Waals surface area contributed by atoms with E-state index in [4.69, 9.17) is 16.3 Å². The molecule has 0 unspecified atom stereocenters. The van der Waals surface area contributed by atoms with Crippen LogP contribution in [0, 0.1) is 0 Å². The maximum absolute atomic E-state index is 14.0. The molecule has 0 spiro atoms. The smallest absolute Gasteiger partial charge is 0.417 e. The van der Waals surface area contributed by atoms with Crippen LogP contribution in [0.25, 0.3) is 22.6 Å². The second kappa shape index (κ2) is 13.2. The van der Waals surface area contributed by atoms with Gasteiger partial charge < -0.3 is 25.0 Å². The molecule has 10 nitrogen and oxygen atoms in total. The number of rotatable bonds is 6. The zero-order valence-electron chi connectivity index (χ0n) is 25.2. The maximum atomic E-state index is 14.0. The molecule has 2 aromatic heterocycles. The van der Waals surface area contributed by atoms with Gasteiger partial charge in [0.2, 0.25) is 11.8 Å². The molecule has 15 heteroatoms. The molecule has 4 aromatic rings. The first-order valence-corrected chi connectivity index (χ1v) is 15.6. The average Bonchev–Trinajstić information content (AvgIpc) is 3.52. The Balaban J connectivity index is 1.42. The molecule has 0 aliphatic carbocycles. The topological polar surface area (TPSA) is 124 Å². The molecule has 244 valence electrons. The molecule has 0 bridgehead atoms. The lowest BCUT2D eigenvalue weighted by molar-refractivity contribution is -0.137. The molecule has 1 aliphatic heterocycles. The fraction of sp³-hybridized carbons (Fsp3) is 0.355.